The second-order valence-corrected chi connectivity index (χ2v) is 1.97. The molecule has 0 spiro atoms. The molecular formula is C7H10N2O4. The number of rotatable bonds is 3. The average Bonchev–Trinajstić information content (AvgIpc) is 2.01. The summed E-state index contributed by atoms with van der Waals surface area (Å²) in [6.45, 7) is 2.02. The van der Waals surface area contributed by atoms with Crippen LogP contribution in [0.15, 0.2) is 12.2 Å². The number of amides is 2. The Morgan fingerprint density at radius 3 is 2.46 bits per heavy atom. The Morgan fingerprint density at radius 1 is 1.38 bits per heavy atom. The van der Waals surface area contributed by atoms with Gasteiger partial charge in [-0.25, -0.2) is 9.59 Å². The van der Waals surface area contributed by atoms with E-state index in [1.54, 1.807) is 6.92 Å². The Kier molecular flexibility index (Phi) is 4.94. The van der Waals surface area contributed by atoms with E-state index in [2.05, 4.69) is 10.1 Å². The summed E-state index contributed by atoms with van der Waals surface area (Å²) in [6.07, 6.45) is 0.723. The third-order valence-corrected chi connectivity index (χ3v) is 0.898. The fourth-order valence-electron chi connectivity index (χ4n) is 0.456. The van der Waals surface area contributed by atoms with E-state index in [9.17, 15) is 14.4 Å². The van der Waals surface area contributed by atoms with E-state index < -0.39 is 18.0 Å². The molecule has 0 saturated heterocycles. The van der Waals surface area contributed by atoms with Crippen LogP contribution in [-0.2, 0) is 14.3 Å². The van der Waals surface area contributed by atoms with Crippen molar-refractivity contribution in [3.8, 4) is 0 Å². The zero-order valence-electron chi connectivity index (χ0n) is 7.07. The van der Waals surface area contributed by atoms with Gasteiger partial charge in [-0.1, -0.05) is 0 Å². The number of hydrogen-bond acceptors (Lipinski definition) is 4. The minimum Gasteiger partial charge on any atom is -0.373 e. The largest absolute Gasteiger partial charge is 0.415 e. The number of carbonyl (C=O) groups is 3. The van der Waals surface area contributed by atoms with Crippen molar-refractivity contribution in [2.75, 3.05) is 6.54 Å². The summed E-state index contributed by atoms with van der Waals surface area (Å²) < 4.78 is 4.16. The smallest absolute Gasteiger partial charge is 0.373 e. The molecule has 0 heterocycles. The maximum absolute atomic E-state index is 10.7. The van der Waals surface area contributed by atoms with E-state index >= 15 is 0 Å². The van der Waals surface area contributed by atoms with Gasteiger partial charge in [-0.15, -0.1) is 0 Å². The third kappa shape index (κ3) is 6.54. The lowest BCUT2D eigenvalue weighted by Crippen LogP contribution is -2.25. The van der Waals surface area contributed by atoms with E-state index in [1.807, 2.05) is 0 Å². The summed E-state index contributed by atoms with van der Waals surface area (Å²) in [5.74, 6) is -1.72. The topological polar surface area (TPSA) is 98.5 Å². The zero-order valence-corrected chi connectivity index (χ0v) is 7.07. The summed E-state index contributed by atoms with van der Waals surface area (Å²) in [5, 5.41) is 2.23. The first-order valence-corrected chi connectivity index (χ1v) is 3.53. The van der Waals surface area contributed by atoms with Crippen molar-refractivity contribution in [2.24, 2.45) is 5.73 Å². The van der Waals surface area contributed by atoms with Gasteiger partial charge in [0.2, 0.25) is 5.91 Å². The summed E-state index contributed by atoms with van der Waals surface area (Å²) >= 11 is 0. The predicted molar refractivity (Wildman–Crippen MR) is 43.5 cm³/mol. The quantitative estimate of drug-likeness (QED) is 0.346. The Morgan fingerprint density at radius 2 is 2.00 bits per heavy atom. The fourth-order valence-corrected chi connectivity index (χ4v) is 0.456. The van der Waals surface area contributed by atoms with Crippen LogP contribution >= 0.6 is 0 Å². The molecule has 0 saturated carbocycles. The van der Waals surface area contributed by atoms with Crippen molar-refractivity contribution in [1.82, 2.24) is 5.32 Å². The van der Waals surface area contributed by atoms with Crippen molar-refractivity contribution in [2.45, 2.75) is 6.92 Å². The number of alkyl carbamates (subject to hydrolysis) is 1. The van der Waals surface area contributed by atoms with Gasteiger partial charge in [0.15, 0.2) is 0 Å². The molecule has 6 heteroatoms. The van der Waals surface area contributed by atoms with E-state index in [4.69, 9.17) is 5.73 Å². The summed E-state index contributed by atoms with van der Waals surface area (Å²) in [5.41, 5.74) is 4.70. The van der Waals surface area contributed by atoms with Crippen LogP contribution in [0.1, 0.15) is 6.92 Å². The van der Waals surface area contributed by atoms with Crippen LogP contribution in [0.2, 0.25) is 0 Å². The first-order valence-electron chi connectivity index (χ1n) is 3.53. The Bertz CT molecular complexity index is 247. The van der Waals surface area contributed by atoms with E-state index in [0.717, 1.165) is 12.2 Å². The molecule has 0 rings (SSSR count). The lowest BCUT2D eigenvalue weighted by molar-refractivity contribution is -0.132. The van der Waals surface area contributed by atoms with Crippen LogP contribution in [-0.4, -0.2) is 24.5 Å². The molecule has 0 aliphatic heterocycles. The molecule has 0 unspecified atom stereocenters. The number of nitrogens with one attached hydrogen (secondary N) is 1. The first-order chi connectivity index (χ1) is 6.06. The number of ether oxygens (including phenoxy) is 1. The van der Waals surface area contributed by atoms with Gasteiger partial charge in [0, 0.05) is 18.7 Å². The number of carbonyl (C=O) groups excluding carboxylic acids is 3. The monoisotopic (exact) mass is 186 g/mol. The third-order valence-electron chi connectivity index (χ3n) is 0.898. The second kappa shape index (κ2) is 5.76. The van der Waals surface area contributed by atoms with E-state index in [-0.39, 0.29) is 0 Å². The number of primary amides is 1. The van der Waals surface area contributed by atoms with Crippen molar-refractivity contribution in [1.29, 1.82) is 0 Å². The predicted octanol–water partition coefficient (Wildman–Crippen LogP) is -0.699. The van der Waals surface area contributed by atoms with E-state index in [1.165, 1.54) is 0 Å². The van der Waals surface area contributed by atoms with Gasteiger partial charge in [0.05, 0.1) is 0 Å². The molecule has 0 bridgehead atoms. The van der Waals surface area contributed by atoms with Gasteiger partial charge < -0.3 is 15.8 Å². The lowest BCUT2D eigenvalue weighted by atomic mass is 10.5. The highest BCUT2D eigenvalue weighted by molar-refractivity contribution is 5.97. The molecule has 0 radical (unpaired) electrons. The van der Waals surface area contributed by atoms with Gasteiger partial charge in [-0.3, -0.25) is 4.79 Å². The van der Waals surface area contributed by atoms with Crippen molar-refractivity contribution in [3.63, 3.8) is 0 Å². The molecular weight excluding hydrogens is 176 g/mol. The fraction of sp³-hybridized carbons (Fsp3) is 0.286. The minimum atomic E-state index is -0.940. The summed E-state index contributed by atoms with van der Waals surface area (Å²) in [4.78, 5) is 31.4. The normalized spacial score (nSPS) is 9.62. The SMILES string of the molecule is CCNC(=O)OC(=O)C=CC(N)=O. The minimum absolute atomic E-state index is 0.353. The van der Waals surface area contributed by atoms with Crippen molar-refractivity contribution < 1.29 is 19.1 Å². The molecule has 72 valence electrons. The average molecular weight is 186 g/mol. The molecule has 0 aliphatic carbocycles. The molecule has 13 heavy (non-hydrogen) atoms. The zero-order chi connectivity index (χ0) is 10.3. The summed E-state index contributed by atoms with van der Waals surface area (Å²) in [6, 6.07) is 0. The van der Waals surface area contributed by atoms with Crippen LogP contribution in [0.3, 0.4) is 0 Å². The van der Waals surface area contributed by atoms with Gasteiger partial charge in [-0.2, -0.15) is 0 Å². The molecule has 0 aliphatic rings. The number of hydrogen-bond donors (Lipinski definition) is 2. The first kappa shape index (κ1) is 11.2. The van der Waals surface area contributed by atoms with Crippen LogP contribution < -0.4 is 11.1 Å². The molecule has 3 N–H and O–H groups in total. The molecule has 0 aromatic heterocycles. The summed E-state index contributed by atoms with van der Waals surface area (Å²) in [7, 11) is 0. The van der Waals surface area contributed by atoms with Crippen LogP contribution in [0.5, 0.6) is 0 Å². The van der Waals surface area contributed by atoms with Gasteiger partial charge >= 0.3 is 12.1 Å². The molecule has 0 aromatic carbocycles. The maximum atomic E-state index is 10.7. The lowest BCUT2D eigenvalue weighted by Gasteiger charge is -1.98. The molecule has 2 amide bonds. The Labute approximate surface area is 74.7 Å². The standard InChI is InChI=1S/C7H10N2O4/c1-2-9-7(12)13-6(11)4-3-5(8)10/h3-4H,2H2,1H3,(H2,8,10)(H,9,12). The highest BCUT2D eigenvalue weighted by Crippen LogP contribution is 1.82. The highest BCUT2D eigenvalue weighted by Gasteiger charge is 2.04. The van der Waals surface area contributed by atoms with Gasteiger partial charge in [0.1, 0.15) is 0 Å². The molecule has 0 aromatic rings. The van der Waals surface area contributed by atoms with Crippen LogP contribution in [0.25, 0.3) is 0 Å². The van der Waals surface area contributed by atoms with Crippen LogP contribution in [0, 0.1) is 0 Å². The highest BCUT2D eigenvalue weighted by atomic mass is 16.6. The molecule has 0 fully saturated rings. The number of nitrogens with two attached hydrogens (primary N) is 1. The van der Waals surface area contributed by atoms with E-state index in [0.29, 0.717) is 6.54 Å². The Hall–Kier alpha value is -1.85. The van der Waals surface area contributed by atoms with Crippen molar-refractivity contribution >= 4 is 18.0 Å². The maximum Gasteiger partial charge on any atom is 0.415 e. The van der Waals surface area contributed by atoms with Gasteiger partial charge in [-0.05, 0) is 6.92 Å². The second-order valence-electron chi connectivity index (χ2n) is 1.97. The number of esters is 1. The molecule has 6 nitrogen and oxygen atoms in total. The van der Waals surface area contributed by atoms with Gasteiger partial charge in [0.25, 0.3) is 0 Å². The van der Waals surface area contributed by atoms with Crippen LogP contribution in [0.4, 0.5) is 4.79 Å². The molecule has 0 atom stereocenters. The Balaban J connectivity index is 3.87. The van der Waals surface area contributed by atoms with Crippen molar-refractivity contribution in [3.05, 3.63) is 12.2 Å².